The molecular weight excluding hydrogens is 286 g/mol. The second-order valence-electron chi connectivity index (χ2n) is 4.04. The molecule has 0 saturated carbocycles. The fourth-order valence-corrected chi connectivity index (χ4v) is 2.32. The van der Waals surface area contributed by atoms with Gasteiger partial charge in [-0.3, -0.25) is 10.2 Å². The van der Waals surface area contributed by atoms with Crippen LogP contribution in [0.4, 0.5) is 21.3 Å². The Morgan fingerprint density at radius 1 is 1.10 bits per heavy atom. The van der Waals surface area contributed by atoms with Gasteiger partial charge in [-0.25, -0.2) is 19.7 Å². The molecule has 2 heterocycles. The lowest BCUT2D eigenvalue weighted by Crippen LogP contribution is -2.30. The minimum atomic E-state index is -0.314. The van der Waals surface area contributed by atoms with Crippen molar-refractivity contribution in [2.24, 2.45) is 0 Å². The molecule has 0 aliphatic rings. The van der Waals surface area contributed by atoms with E-state index in [9.17, 15) is 4.79 Å². The Bertz CT molecular complexity index is 663. The standard InChI is InChI=1S/C14H11N5OS/c20-14(18-13-17-6-7-21-13)19(11-4-2-1-3-5-11)12-8-15-10-16-9-12/h1-10H,(H,17,18,20). The van der Waals surface area contributed by atoms with E-state index in [1.54, 1.807) is 24.0 Å². The van der Waals surface area contributed by atoms with Crippen molar-refractivity contribution in [1.29, 1.82) is 0 Å². The lowest BCUT2D eigenvalue weighted by Gasteiger charge is -2.21. The zero-order chi connectivity index (χ0) is 14.5. The zero-order valence-electron chi connectivity index (χ0n) is 10.9. The molecule has 0 spiro atoms. The number of anilines is 3. The van der Waals surface area contributed by atoms with Crippen molar-refractivity contribution in [3.63, 3.8) is 0 Å². The van der Waals surface area contributed by atoms with Gasteiger partial charge in [-0.1, -0.05) is 18.2 Å². The number of para-hydroxylation sites is 1. The van der Waals surface area contributed by atoms with Crippen LogP contribution in [0, 0.1) is 0 Å². The van der Waals surface area contributed by atoms with Gasteiger partial charge in [0.25, 0.3) is 0 Å². The number of rotatable bonds is 3. The molecule has 0 unspecified atom stereocenters. The third-order valence-corrected chi connectivity index (χ3v) is 3.36. The molecule has 7 heteroatoms. The van der Waals surface area contributed by atoms with Gasteiger partial charge >= 0.3 is 6.03 Å². The monoisotopic (exact) mass is 297 g/mol. The number of nitrogens with one attached hydrogen (secondary N) is 1. The lowest BCUT2D eigenvalue weighted by molar-refractivity contribution is 0.259. The highest BCUT2D eigenvalue weighted by molar-refractivity contribution is 7.13. The fourth-order valence-electron chi connectivity index (χ4n) is 1.80. The summed E-state index contributed by atoms with van der Waals surface area (Å²) in [5.41, 5.74) is 1.30. The highest BCUT2D eigenvalue weighted by atomic mass is 32.1. The molecule has 3 rings (SSSR count). The van der Waals surface area contributed by atoms with Gasteiger partial charge in [-0.05, 0) is 12.1 Å². The number of nitrogens with zero attached hydrogens (tertiary/aromatic N) is 4. The maximum Gasteiger partial charge on any atom is 0.332 e. The Balaban J connectivity index is 1.95. The maximum absolute atomic E-state index is 12.5. The number of urea groups is 1. The van der Waals surface area contributed by atoms with Crippen LogP contribution >= 0.6 is 11.3 Å². The Hall–Kier alpha value is -2.80. The van der Waals surface area contributed by atoms with Gasteiger partial charge in [0.2, 0.25) is 0 Å². The van der Waals surface area contributed by atoms with Crippen LogP contribution in [-0.4, -0.2) is 21.0 Å². The minimum absolute atomic E-state index is 0.314. The number of carbonyl (C=O) groups is 1. The van der Waals surface area contributed by atoms with E-state index in [4.69, 9.17) is 0 Å². The normalized spacial score (nSPS) is 10.1. The highest BCUT2D eigenvalue weighted by Crippen LogP contribution is 2.25. The topological polar surface area (TPSA) is 71.0 Å². The summed E-state index contributed by atoms with van der Waals surface area (Å²) < 4.78 is 0. The molecule has 6 nitrogen and oxygen atoms in total. The van der Waals surface area contributed by atoms with E-state index in [2.05, 4.69) is 20.3 Å². The number of thiazole rings is 1. The predicted octanol–water partition coefficient (Wildman–Crippen LogP) is 3.30. The second kappa shape index (κ2) is 6.10. The van der Waals surface area contributed by atoms with Crippen molar-refractivity contribution in [1.82, 2.24) is 15.0 Å². The molecule has 0 atom stereocenters. The van der Waals surface area contributed by atoms with Crippen molar-refractivity contribution in [2.75, 3.05) is 10.2 Å². The first-order valence-corrected chi connectivity index (χ1v) is 7.03. The summed E-state index contributed by atoms with van der Waals surface area (Å²) in [7, 11) is 0. The summed E-state index contributed by atoms with van der Waals surface area (Å²) in [6.45, 7) is 0. The van der Waals surface area contributed by atoms with Crippen LogP contribution in [0.5, 0.6) is 0 Å². The first-order chi connectivity index (χ1) is 10.3. The molecule has 1 N–H and O–H groups in total. The van der Waals surface area contributed by atoms with Crippen molar-refractivity contribution in [2.45, 2.75) is 0 Å². The van der Waals surface area contributed by atoms with Gasteiger partial charge in [0.15, 0.2) is 5.13 Å². The van der Waals surface area contributed by atoms with Crippen LogP contribution in [0.15, 0.2) is 60.6 Å². The van der Waals surface area contributed by atoms with E-state index in [0.29, 0.717) is 10.8 Å². The Labute approximate surface area is 125 Å². The van der Waals surface area contributed by atoms with Crippen LogP contribution in [-0.2, 0) is 0 Å². The first-order valence-electron chi connectivity index (χ1n) is 6.15. The molecule has 2 amide bonds. The van der Waals surface area contributed by atoms with Gasteiger partial charge < -0.3 is 0 Å². The number of benzene rings is 1. The fraction of sp³-hybridized carbons (Fsp3) is 0. The molecule has 2 aromatic heterocycles. The molecule has 0 bridgehead atoms. The van der Waals surface area contributed by atoms with Crippen LogP contribution < -0.4 is 10.2 Å². The molecule has 0 fully saturated rings. The van der Waals surface area contributed by atoms with Crippen molar-refractivity contribution >= 4 is 33.9 Å². The third kappa shape index (κ3) is 3.03. The SMILES string of the molecule is O=C(Nc1nccs1)N(c1ccccc1)c1cncnc1. The molecule has 0 radical (unpaired) electrons. The summed E-state index contributed by atoms with van der Waals surface area (Å²) in [6.07, 6.45) is 6.23. The molecule has 104 valence electrons. The molecule has 0 aliphatic carbocycles. The second-order valence-corrected chi connectivity index (χ2v) is 4.93. The lowest BCUT2D eigenvalue weighted by atomic mass is 10.3. The van der Waals surface area contributed by atoms with E-state index >= 15 is 0 Å². The van der Waals surface area contributed by atoms with Gasteiger partial charge in [-0.2, -0.15) is 0 Å². The summed E-state index contributed by atoms with van der Waals surface area (Å²) in [5, 5.41) is 5.10. The predicted molar refractivity (Wildman–Crippen MR) is 81.7 cm³/mol. The smallest absolute Gasteiger partial charge is 0.283 e. The van der Waals surface area contributed by atoms with Gasteiger partial charge in [0.05, 0.1) is 23.8 Å². The molecule has 0 aliphatic heterocycles. The Morgan fingerprint density at radius 2 is 1.86 bits per heavy atom. The molecular formula is C14H11N5OS. The Kier molecular flexibility index (Phi) is 3.83. The third-order valence-electron chi connectivity index (χ3n) is 2.67. The molecule has 21 heavy (non-hydrogen) atoms. The van der Waals surface area contributed by atoms with Crippen molar-refractivity contribution in [3.8, 4) is 0 Å². The van der Waals surface area contributed by atoms with Crippen LogP contribution in [0.2, 0.25) is 0 Å². The summed E-state index contributed by atoms with van der Waals surface area (Å²) >= 11 is 1.36. The molecule has 1 aromatic carbocycles. The molecule has 3 aromatic rings. The summed E-state index contributed by atoms with van der Waals surface area (Å²) in [5.74, 6) is 0. The van der Waals surface area contributed by atoms with Crippen LogP contribution in [0.1, 0.15) is 0 Å². The van der Waals surface area contributed by atoms with E-state index in [0.717, 1.165) is 5.69 Å². The van der Waals surface area contributed by atoms with Gasteiger partial charge in [0, 0.05) is 11.6 Å². The zero-order valence-corrected chi connectivity index (χ0v) is 11.7. The van der Waals surface area contributed by atoms with Crippen LogP contribution in [0.25, 0.3) is 0 Å². The molecule has 0 saturated heterocycles. The average molecular weight is 297 g/mol. The van der Waals surface area contributed by atoms with Crippen LogP contribution in [0.3, 0.4) is 0 Å². The first kappa shape index (κ1) is 13.2. The number of amides is 2. The van der Waals surface area contributed by atoms with E-state index in [-0.39, 0.29) is 6.03 Å². The van der Waals surface area contributed by atoms with Crippen molar-refractivity contribution < 1.29 is 4.79 Å². The number of hydrogen-bond donors (Lipinski definition) is 1. The average Bonchev–Trinajstić information content (AvgIpc) is 3.02. The number of carbonyl (C=O) groups excluding carboxylic acids is 1. The highest BCUT2D eigenvalue weighted by Gasteiger charge is 2.19. The van der Waals surface area contributed by atoms with Gasteiger partial charge in [-0.15, -0.1) is 11.3 Å². The Morgan fingerprint density at radius 3 is 2.52 bits per heavy atom. The van der Waals surface area contributed by atoms with Crippen molar-refractivity contribution in [3.05, 3.63) is 60.6 Å². The largest absolute Gasteiger partial charge is 0.332 e. The quantitative estimate of drug-likeness (QED) is 0.805. The van der Waals surface area contributed by atoms with E-state index in [1.165, 1.54) is 22.6 Å². The van der Waals surface area contributed by atoms with Gasteiger partial charge in [0.1, 0.15) is 6.33 Å². The summed E-state index contributed by atoms with van der Waals surface area (Å²) in [6, 6.07) is 8.99. The number of hydrogen-bond acceptors (Lipinski definition) is 5. The maximum atomic E-state index is 12.5. The van der Waals surface area contributed by atoms with E-state index in [1.807, 2.05) is 30.3 Å². The number of aromatic nitrogens is 3. The van der Waals surface area contributed by atoms with E-state index < -0.39 is 0 Å². The summed E-state index contributed by atoms with van der Waals surface area (Å²) in [4.78, 5) is 26.0. The minimum Gasteiger partial charge on any atom is -0.283 e.